The number of likely N-dealkylation sites (N-methyl/N-ethyl adjacent to an activating group) is 1. The second kappa shape index (κ2) is 12.9. The van der Waals surface area contributed by atoms with Gasteiger partial charge < -0.3 is 16.0 Å². The Balaban J connectivity index is 0. The van der Waals surface area contributed by atoms with E-state index in [1.54, 1.807) is 0 Å². The molecule has 0 amide bonds. The van der Waals surface area contributed by atoms with E-state index < -0.39 is 0 Å². The van der Waals surface area contributed by atoms with Gasteiger partial charge in [0.05, 0.1) is 0 Å². The lowest BCUT2D eigenvalue weighted by Gasteiger charge is -2.12. The predicted octanol–water partition coefficient (Wildman–Crippen LogP) is 1.29. The van der Waals surface area contributed by atoms with E-state index >= 15 is 0 Å². The molecule has 14 heavy (non-hydrogen) atoms. The third kappa shape index (κ3) is 14.4. The average molecular weight is 203 g/mol. The van der Waals surface area contributed by atoms with Crippen LogP contribution in [-0.4, -0.2) is 45.2 Å². The molecule has 1 atom stereocenters. The molecule has 0 aromatic carbocycles. The molecule has 0 aromatic heterocycles. The lowest BCUT2D eigenvalue weighted by Crippen LogP contribution is -2.31. The molecule has 0 aliphatic heterocycles. The Labute approximate surface area is 90.0 Å². The molecule has 3 heteroatoms. The van der Waals surface area contributed by atoms with Gasteiger partial charge in [0.25, 0.3) is 0 Å². The van der Waals surface area contributed by atoms with Crippen molar-refractivity contribution in [1.29, 1.82) is 0 Å². The summed E-state index contributed by atoms with van der Waals surface area (Å²) >= 11 is 0. The molecule has 0 aromatic rings. The minimum Gasteiger partial charge on any atom is -0.327 e. The third-order valence-electron chi connectivity index (χ3n) is 1.90. The molecule has 0 radical (unpaired) electrons. The number of nitrogens with one attached hydrogen (secondary N) is 1. The van der Waals surface area contributed by atoms with Crippen LogP contribution in [0.1, 0.15) is 33.1 Å². The van der Waals surface area contributed by atoms with Gasteiger partial charge in [0.1, 0.15) is 0 Å². The van der Waals surface area contributed by atoms with Crippen LogP contribution in [0.2, 0.25) is 0 Å². The van der Waals surface area contributed by atoms with Crippen LogP contribution in [0.15, 0.2) is 0 Å². The number of unbranched alkanes of at least 4 members (excludes halogenated alkanes) is 1. The van der Waals surface area contributed by atoms with Gasteiger partial charge >= 0.3 is 0 Å². The van der Waals surface area contributed by atoms with E-state index in [1.807, 2.05) is 20.9 Å². The second-order valence-electron chi connectivity index (χ2n) is 3.62. The molecular weight excluding hydrogens is 174 g/mol. The smallest absolute Gasteiger partial charge is 0.0165 e. The van der Waals surface area contributed by atoms with E-state index in [0.717, 1.165) is 13.0 Å². The lowest BCUT2D eigenvalue weighted by molar-refractivity contribution is 0.386. The van der Waals surface area contributed by atoms with Gasteiger partial charge in [-0.15, -0.1) is 0 Å². The highest BCUT2D eigenvalue weighted by Gasteiger charge is 1.99. The summed E-state index contributed by atoms with van der Waals surface area (Å²) < 4.78 is 0. The van der Waals surface area contributed by atoms with Crippen molar-refractivity contribution in [2.24, 2.45) is 5.73 Å². The normalized spacial score (nSPS) is 12.2. The van der Waals surface area contributed by atoms with E-state index in [2.05, 4.69) is 24.3 Å². The number of hydrogen-bond acceptors (Lipinski definition) is 3. The highest BCUT2D eigenvalue weighted by molar-refractivity contribution is 4.63. The van der Waals surface area contributed by atoms with Crippen molar-refractivity contribution in [3.63, 3.8) is 0 Å². The fourth-order valence-electron chi connectivity index (χ4n) is 1.20. The van der Waals surface area contributed by atoms with E-state index in [9.17, 15) is 0 Å². The fraction of sp³-hybridized carbons (Fsp3) is 1.00. The number of nitrogens with two attached hydrogens (primary N) is 1. The molecule has 0 spiro atoms. The quantitative estimate of drug-likeness (QED) is 0.613. The van der Waals surface area contributed by atoms with Gasteiger partial charge in [-0.25, -0.2) is 0 Å². The fourth-order valence-corrected chi connectivity index (χ4v) is 1.20. The molecule has 0 rings (SSSR count). The Morgan fingerprint density at radius 1 is 1.21 bits per heavy atom. The SMILES string of the molecule is CC.CNCC(N)CCCCN(C)C. The molecule has 0 aliphatic rings. The highest BCUT2D eigenvalue weighted by Crippen LogP contribution is 1.98. The first kappa shape index (κ1) is 16.3. The Morgan fingerprint density at radius 3 is 2.21 bits per heavy atom. The number of nitrogens with zero attached hydrogens (tertiary/aromatic N) is 1. The Morgan fingerprint density at radius 2 is 1.79 bits per heavy atom. The largest absolute Gasteiger partial charge is 0.327 e. The van der Waals surface area contributed by atoms with Crippen molar-refractivity contribution in [1.82, 2.24) is 10.2 Å². The van der Waals surface area contributed by atoms with Crippen molar-refractivity contribution in [2.75, 3.05) is 34.2 Å². The molecule has 0 fully saturated rings. The Kier molecular flexibility index (Phi) is 15.0. The molecule has 3 nitrogen and oxygen atoms in total. The standard InChI is InChI=1S/C9H23N3.C2H6/c1-11-8-9(10)6-4-5-7-12(2)3;1-2/h9,11H,4-8,10H2,1-3H3;1-2H3. The van der Waals surface area contributed by atoms with Crippen LogP contribution in [0.4, 0.5) is 0 Å². The van der Waals surface area contributed by atoms with Crippen LogP contribution >= 0.6 is 0 Å². The van der Waals surface area contributed by atoms with Gasteiger partial charge in [0.2, 0.25) is 0 Å². The van der Waals surface area contributed by atoms with E-state index in [1.165, 1.54) is 19.4 Å². The average Bonchev–Trinajstić information content (AvgIpc) is 2.16. The lowest BCUT2D eigenvalue weighted by atomic mass is 10.1. The maximum atomic E-state index is 5.82. The second-order valence-corrected chi connectivity index (χ2v) is 3.62. The van der Waals surface area contributed by atoms with E-state index in [-0.39, 0.29) is 0 Å². The van der Waals surface area contributed by atoms with Crippen LogP contribution in [-0.2, 0) is 0 Å². The van der Waals surface area contributed by atoms with Gasteiger partial charge in [0, 0.05) is 12.6 Å². The van der Waals surface area contributed by atoms with E-state index in [4.69, 9.17) is 5.73 Å². The molecular formula is C11H29N3. The van der Waals surface area contributed by atoms with Crippen molar-refractivity contribution in [3.8, 4) is 0 Å². The van der Waals surface area contributed by atoms with Crippen LogP contribution < -0.4 is 11.1 Å². The zero-order valence-corrected chi connectivity index (χ0v) is 10.6. The maximum absolute atomic E-state index is 5.82. The van der Waals surface area contributed by atoms with Crippen LogP contribution in [0, 0.1) is 0 Å². The zero-order valence-electron chi connectivity index (χ0n) is 10.6. The highest BCUT2D eigenvalue weighted by atomic mass is 15.0. The summed E-state index contributed by atoms with van der Waals surface area (Å²) in [5.74, 6) is 0. The Hall–Kier alpha value is -0.120. The molecule has 0 heterocycles. The third-order valence-corrected chi connectivity index (χ3v) is 1.90. The molecule has 3 N–H and O–H groups in total. The van der Waals surface area contributed by atoms with Crippen LogP contribution in [0.5, 0.6) is 0 Å². The number of rotatable bonds is 7. The summed E-state index contributed by atoms with van der Waals surface area (Å²) in [5.41, 5.74) is 5.82. The van der Waals surface area contributed by atoms with Gasteiger partial charge in [-0.1, -0.05) is 20.3 Å². The van der Waals surface area contributed by atoms with Crippen LogP contribution in [0.25, 0.3) is 0 Å². The van der Waals surface area contributed by atoms with Crippen molar-refractivity contribution in [2.45, 2.75) is 39.2 Å². The minimum absolute atomic E-state index is 0.331. The monoisotopic (exact) mass is 203 g/mol. The summed E-state index contributed by atoms with van der Waals surface area (Å²) in [7, 11) is 6.15. The molecule has 0 aliphatic carbocycles. The van der Waals surface area contributed by atoms with Gasteiger partial charge in [-0.05, 0) is 40.5 Å². The summed E-state index contributed by atoms with van der Waals surface area (Å²) in [4.78, 5) is 2.21. The Bertz CT molecular complexity index is 94.5. The van der Waals surface area contributed by atoms with Crippen molar-refractivity contribution < 1.29 is 0 Å². The first-order valence-corrected chi connectivity index (χ1v) is 5.71. The molecule has 1 unspecified atom stereocenters. The van der Waals surface area contributed by atoms with Gasteiger partial charge in [0.15, 0.2) is 0 Å². The van der Waals surface area contributed by atoms with E-state index in [0.29, 0.717) is 6.04 Å². The first-order valence-electron chi connectivity index (χ1n) is 5.71. The minimum atomic E-state index is 0.331. The summed E-state index contributed by atoms with van der Waals surface area (Å²) in [5, 5.41) is 3.08. The van der Waals surface area contributed by atoms with Crippen LogP contribution in [0.3, 0.4) is 0 Å². The van der Waals surface area contributed by atoms with Gasteiger partial charge in [-0.2, -0.15) is 0 Å². The topological polar surface area (TPSA) is 41.3 Å². The molecule has 0 saturated heterocycles. The first-order chi connectivity index (χ1) is 6.66. The zero-order chi connectivity index (χ0) is 11.4. The molecule has 88 valence electrons. The molecule has 0 saturated carbocycles. The summed E-state index contributed by atoms with van der Waals surface area (Å²) in [6.45, 7) is 6.11. The number of hydrogen-bond donors (Lipinski definition) is 2. The predicted molar refractivity (Wildman–Crippen MR) is 65.7 cm³/mol. The van der Waals surface area contributed by atoms with Gasteiger partial charge in [-0.3, -0.25) is 0 Å². The molecule has 0 bridgehead atoms. The van der Waals surface area contributed by atoms with Crippen molar-refractivity contribution in [3.05, 3.63) is 0 Å². The summed E-state index contributed by atoms with van der Waals surface area (Å²) in [6.07, 6.45) is 3.63. The van der Waals surface area contributed by atoms with Crippen molar-refractivity contribution >= 4 is 0 Å². The maximum Gasteiger partial charge on any atom is 0.0165 e. The summed E-state index contributed by atoms with van der Waals surface area (Å²) in [6, 6.07) is 0.331.